The number of likely N-dealkylation sites (N-methyl/N-ethyl adjacent to an activating group) is 1. The number of rotatable bonds is 49. The number of amides is 1. The number of unbranched alkanes of at least 4 members (excludes halogenated alkanes) is 30. The number of phosphoric acid groups is 1. The zero-order chi connectivity index (χ0) is 47.1. The van der Waals surface area contributed by atoms with E-state index in [0.29, 0.717) is 17.4 Å². The number of allylic oxidation sites excluding steroid dienone is 7. The minimum atomic E-state index is -4.36. The molecule has 9 heteroatoms. The third-order valence-corrected chi connectivity index (χ3v) is 13.0. The molecule has 0 aromatic carbocycles. The third kappa shape index (κ3) is 48.4. The maximum Gasteiger partial charge on any atom is 0.472 e. The van der Waals surface area contributed by atoms with E-state index >= 15 is 0 Å². The van der Waals surface area contributed by atoms with Crippen molar-refractivity contribution in [1.82, 2.24) is 5.32 Å². The smallest absolute Gasteiger partial charge is 0.387 e. The summed E-state index contributed by atoms with van der Waals surface area (Å²) in [7, 11) is 1.55. The predicted molar refractivity (Wildman–Crippen MR) is 277 cm³/mol. The van der Waals surface area contributed by atoms with E-state index in [1.165, 1.54) is 173 Å². The highest BCUT2D eigenvalue weighted by molar-refractivity contribution is 7.47. The van der Waals surface area contributed by atoms with Crippen LogP contribution in [0.4, 0.5) is 0 Å². The van der Waals surface area contributed by atoms with Crippen molar-refractivity contribution in [2.45, 2.75) is 257 Å². The number of quaternary nitrogens is 1. The van der Waals surface area contributed by atoms with Crippen LogP contribution in [0.2, 0.25) is 0 Å². The first-order valence-corrected chi connectivity index (χ1v) is 28.5. The maximum absolute atomic E-state index is 12.9. The Kier molecular flexibility index (Phi) is 45.4. The highest BCUT2D eigenvalue weighted by Crippen LogP contribution is 2.43. The van der Waals surface area contributed by atoms with Crippen LogP contribution in [-0.2, 0) is 18.4 Å². The van der Waals surface area contributed by atoms with Crippen molar-refractivity contribution < 1.29 is 32.9 Å². The second-order valence-corrected chi connectivity index (χ2v) is 21.0. The van der Waals surface area contributed by atoms with Crippen molar-refractivity contribution in [1.29, 1.82) is 0 Å². The van der Waals surface area contributed by atoms with Gasteiger partial charge in [-0.05, 0) is 64.2 Å². The lowest BCUT2D eigenvalue weighted by molar-refractivity contribution is -0.870. The number of hydrogen-bond acceptors (Lipinski definition) is 5. The molecule has 0 aromatic rings. The first-order valence-electron chi connectivity index (χ1n) is 27.0. The summed E-state index contributed by atoms with van der Waals surface area (Å²) in [6.07, 6.45) is 60.6. The number of carbonyl (C=O) groups is 1. The van der Waals surface area contributed by atoms with Gasteiger partial charge in [0.15, 0.2) is 0 Å². The van der Waals surface area contributed by atoms with Crippen LogP contribution >= 0.6 is 7.82 Å². The largest absolute Gasteiger partial charge is 0.472 e. The Morgan fingerprint density at radius 3 is 1.34 bits per heavy atom. The van der Waals surface area contributed by atoms with Crippen LogP contribution in [0, 0.1) is 0 Å². The molecular formula is C55H106N2O6P+. The normalized spacial score (nSPS) is 14.4. The molecule has 0 heterocycles. The van der Waals surface area contributed by atoms with Crippen molar-refractivity contribution in [3.63, 3.8) is 0 Å². The Bertz CT molecular complexity index is 1180. The van der Waals surface area contributed by atoms with Gasteiger partial charge in [-0.1, -0.05) is 223 Å². The lowest BCUT2D eigenvalue weighted by Crippen LogP contribution is -2.45. The summed E-state index contributed by atoms with van der Waals surface area (Å²) < 4.78 is 23.6. The highest BCUT2D eigenvalue weighted by Gasteiger charge is 2.27. The fraction of sp³-hybridized carbons (Fsp3) is 0.836. The number of carbonyl (C=O) groups excluding carboxylic acids is 1. The highest BCUT2D eigenvalue weighted by atomic mass is 31.2. The zero-order valence-corrected chi connectivity index (χ0v) is 43.7. The van der Waals surface area contributed by atoms with Crippen LogP contribution in [0.3, 0.4) is 0 Å². The van der Waals surface area contributed by atoms with Crippen molar-refractivity contribution in [3.05, 3.63) is 48.6 Å². The minimum absolute atomic E-state index is 0.0536. The Balaban J connectivity index is 4.33. The van der Waals surface area contributed by atoms with E-state index in [0.717, 1.165) is 51.4 Å². The number of hydrogen-bond donors (Lipinski definition) is 3. The molecule has 0 saturated heterocycles. The summed E-state index contributed by atoms with van der Waals surface area (Å²) in [6.45, 7) is 4.80. The number of nitrogens with zero attached hydrogens (tertiary/aromatic N) is 1. The summed E-state index contributed by atoms with van der Waals surface area (Å²) in [5.41, 5.74) is 0. The second-order valence-electron chi connectivity index (χ2n) is 19.6. The average Bonchev–Trinajstić information content (AvgIpc) is 3.25. The van der Waals surface area contributed by atoms with E-state index in [1.54, 1.807) is 6.08 Å². The summed E-state index contributed by atoms with van der Waals surface area (Å²) >= 11 is 0. The van der Waals surface area contributed by atoms with Crippen LogP contribution in [-0.4, -0.2) is 73.4 Å². The molecule has 0 saturated carbocycles. The number of nitrogens with one attached hydrogen (secondary N) is 1. The molecule has 0 spiro atoms. The van der Waals surface area contributed by atoms with Gasteiger partial charge < -0.3 is 19.8 Å². The summed E-state index contributed by atoms with van der Waals surface area (Å²) in [5, 5.41) is 13.9. The molecule has 3 unspecified atom stereocenters. The number of aliphatic hydroxyl groups excluding tert-OH is 1. The van der Waals surface area contributed by atoms with E-state index in [1.807, 2.05) is 27.2 Å². The molecule has 0 aliphatic heterocycles. The molecule has 1 amide bonds. The van der Waals surface area contributed by atoms with E-state index in [-0.39, 0.29) is 19.1 Å². The van der Waals surface area contributed by atoms with Crippen LogP contribution in [0.1, 0.15) is 245 Å². The van der Waals surface area contributed by atoms with Crippen molar-refractivity contribution in [2.75, 3.05) is 40.9 Å². The molecule has 64 heavy (non-hydrogen) atoms. The SMILES string of the molecule is CCCCCCCCCCC/C=C\C/C=C\CCCCCCCCCC(=O)NC(COP(=O)(O)OCC[N+](C)(C)C)C(O)/C=C/CC/C=C/CCCCCCCCCCCCCCC. The molecule has 0 aromatic heterocycles. The van der Waals surface area contributed by atoms with Crippen molar-refractivity contribution in [3.8, 4) is 0 Å². The summed E-state index contributed by atoms with van der Waals surface area (Å²) in [4.78, 5) is 23.2. The monoisotopic (exact) mass is 922 g/mol. The van der Waals surface area contributed by atoms with E-state index < -0.39 is 20.0 Å². The Hall–Kier alpha value is -1.54. The van der Waals surface area contributed by atoms with Crippen LogP contribution < -0.4 is 5.32 Å². The first-order chi connectivity index (χ1) is 31.0. The fourth-order valence-corrected chi connectivity index (χ4v) is 8.47. The topological polar surface area (TPSA) is 105 Å². The molecule has 0 aliphatic rings. The Morgan fingerprint density at radius 2 is 0.906 bits per heavy atom. The molecule has 0 fully saturated rings. The summed E-state index contributed by atoms with van der Waals surface area (Å²) in [6, 6.07) is -0.869. The Labute approximate surface area is 397 Å². The van der Waals surface area contributed by atoms with Gasteiger partial charge in [-0.3, -0.25) is 13.8 Å². The Morgan fingerprint density at radius 1 is 0.531 bits per heavy atom. The average molecular weight is 922 g/mol. The van der Waals surface area contributed by atoms with Gasteiger partial charge in [0, 0.05) is 6.42 Å². The van der Waals surface area contributed by atoms with Gasteiger partial charge >= 0.3 is 7.82 Å². The van der Waals surface area contributed by atoms with Crippen LogP contribution in [0.15, 0.2) is 48.6 Å². The molecule has 0 radical (unpaired) electrons. The standard InChI is InChI=1S/C55H105N2O6P/c1-6-8-10-12-14-16-18-20-22-24-26-27-28-29-31-33-35-37-39-41-43-45-47-49-55(59)56-53(52-63-64(60,61)62-51-50-57(3,4)5)54(58)48-46-44-42-40-38-36-34-32-30-25-23-21-19-17-15-13-11-9-7-2/h26-27,29,31,38,40,46,48,53-54,58H,6-25,28,30,32-37,39,41-45,47,49-52H2,1-5H3,(H-,56,59,60,61)/p+1/b27-26-,31-29-,40-38+,48-46+. The molecule has 3 atom stereocenters. The van der Waals surface area contributed by atoms with Gasteiger partial charge in [0.2, 0.25) is 5.91 Å². The molecule has 3 N–H and O–H groups in total. The zero-order valence-electron chi connectivity index (χ0n) is 42.8. The van der Waals surface area contributed by atoms with Crippen molar-refractivity contribution in [2.24, 2.45) is 0 Å². The lowest BCUT2D eigenvalue weighted by atomic mass is 10.0. The third-order valence-electron chi connectivity index (χ3n) is 12.0. The predicted octanol–water partition coefficient (Wildman–Crippen LogP) is 16.0. The fourth-order valence-electron chi connectivity index (χ4n) is 7.74. The first kappa shape index (κ1) is 62.5. The van der Waals surface area contributed by atoms with Gasteiger partial charge in [-0.15, -0.1) is 0 Å². The van der Waals surface area contributed by atoms with Gasteiger partial charge in [0.25, 0.3) is 0 Å². The van der Waals surface area contributed by atoms with Crippen LogP contribution in [0.25, 0.3) is 0 Å². The van der Waals surface area contributed by atoms with Crippen molar-refractivity contribution >= 4 is 13.7 Å². The minimum Gasteiger partial charge on any atom is -0.387 e. The maximum atomic E-state index is 12.9. The van der Waals surface area contributed by atoms with E-state index in [9.17, 15) is 19.4 Å². The van der Waals surface area contributed by atoms with Gasteiger partial charge in [-0.2, -0.15) is 0 Å². The molecular weight excluding hydrogens is 816 g/mol. The van der Waals surface area contributed by atoms with E-state index in [4.69, 9.17) is 9.05 Å². The second kappa shape index (κ2) is 46.6. The lowest BCUT2D eigenvalue weighted by Gasteiger charge is -2.25. The quantitative estimate of drug-likeness (QED) is 0.0243. The number of aliphatic hydroxyl groups is 1. The van der Waals surface area contributed by atoms with Gasteiger partial charge in [0.1, 0.15) is 13.2 Å². The van der Waals surface area contributed by atoms with Gasteiger partial charge in [-0.25, -0.2) is 4.57 Å². The summed E-state index contributed by atoms with van der Waals surface area (Å²) in [5.74, 6) is -0.194. The molecule has 0 rings (SSSR count). The molecule has 0 aliphatic carbocycles. The van der Waals surface area contributed by atoms with Gasteiger partial charge in [0.05, 0.1) is 39.9 Å². The van der Waals surface area contributed by atoms with E-state index in [2.05, 4.69) is 55.6 Å². The molecule has 8 nitrogen and oxygen atoms in total. The molecule has 376 valence electrons. The molecule has 0 bridgehead atoms. The number of phosphoric ester groups is 1. The van der Waals surface area contributed by atoms with Crippen LogP contribution in [0.5, 0.6) is 0 Å².